The van der Waals surface area contributed by atoms with Crippen LogP contribution in [0.5, 0.6) is 0 Å². The van der Waals surface area contributed by atoms with Gasteiger partial charge in [0.05, 0.1) is 0 Å². The molecule has 2 nitrogen and oxygen atoms in total. The van der Waals surface area contributed by atoms with Gasteiger partial charge in [-0.25, -0.2) is 0 Å². The smallest absolute Gasteiger partial charge is 0.219 e. The number of hydrogen-bond donors (Lipinski definition) is 0. The molecule has 66 valence electrons. The lowest BCUT2D eigenvalue weighted by atomic mass is 9.88. The van der Waals surface area contributed by atoms with Crippen molar-refractivity contribution in [3.8, 4) is 0 Å². The molecule has 1 rings (SSSR count). The molecule has 2 heteroatoms. The van der Waals surface area contributed by atoms with Crippen LogP contribution in [0, 0.1) is 11.8 Å². The van der Waals surface area contributed by atoms with Crippen LogP contribution in [0.3, 0.4) is 0 Å². The summed E-state index contributed by atoms with van der Waals surface area (Å²) in [5.41, 5.74) is 0. The molecule has 0 radical (unpaired) electrons. The molecule has 0 aromatic carbocycles. The Hall–Kier alpha value is -0.530. The SMILES string of the molecule is C.CC(=O)N1CC(C(C)C)C1. The fourth-order valence-corrected chi connectivity index (χ4v) is 1.19. The Labute approximate surface area is 69.6 Å². The van der Waals surface area contributed by atoms with Crippen molar-refractivity contribution in [2.45, 2.75) is 28.2 Å². The molecular formula is C9H19NO. The van der Waals surface area contributed by atoms with Crippen LogP contribution in [0.25, 0.3) is 0 Å². The van der Waals surface area contributed by atoms with Gasteiger partial charge >= 0.3 is 0 Å². The molecule has 0 atom stereocenters. The van der Waals surface area contributed by atoms with Gasteiger partial charge in [-0.2, -0.15) is 0 Å². The van der Waals surface area contributed by atoms with Crippen LogP contribution in [-0.2, 0) is 4.79 Å². The molecule has 0 N–H and O–H groups in total. The maximum atomic E-state index is 10.7. The fraction of sp³-hybridized carbons (Fsp3) is 0.889. The Bertz CT molecular complexity index is 136. The summed E-state index contributed by atoms with van der Waals surface area (Å²) in [5, 5.41) is 0. The summed E-state index contributed by atoms with van der Waals surface area (Å²) in [4.78, 5) is 12.6. The maximum Gasteiger partial charge on any atom is 0.219 e. The summed E-state index contributed by atoms with van der Waals surface area (Å²) >= 11 is 0. The third-order valence-corrected chi connectivity index (χ3v) is 2.30. The number of nitrogens with zero attached hydrogens (tertiary/aromatic N) is 1. The van der Waals surface area contributed by atoms with E-state index in [0.29, 0.717) is 0 Å². The van der Waals surface area contributed by atoms with Gasteiger partial charge in [0, 0.05) is 20.0 Å². The molecular weight excluding hydrogens is 138 g/mol. The van der Waals surface area contributed by atoms with Crippen LogP contribution in [-0.4, -0.2) is 23.9 Å². The molecule has 1 aliphatic heterocycles. The first kappa shape index (κ1) is 10.5. The standard InChI is InChI=1S/C8H15NO.CH4/c1-6(2)8-4-9(5-8)7(3)10;/h6,8H,4-5H2,1-3H3;1H4. The normalized spacial score (nSPS) is 17.6. The maximum absolute atomic E-state index is 10.7. The molecule has 0 spiro atoms. The van der Waals surface area contributed by atoms with Crippen molar-refractivity contribution in [1.82, 2.24) is 4.90 Å². The molecule has 0 saturated carbocycles. The highest BCUT2D eigenvalue weighted by atomic mass is 16.2. The second-order valence-electron chi connectivity index (χ2n) is 3.43. The number of likely N-dealkylation sites (tertiary alicyclic amines) is 1. The third-order valence-electron chi connectivity index (χ3n) is 2.30. The van der Waals surface area contributed by atoms with Crippen molar-refractivity contribution >= 4 is 5.91 Å². The van der Waals surface area contributed by atoms with Crippen LogP contribution in [0.4, 0.5) is 0 Å². The van der Waals surface area contributed by atoms with E-state index in [0.717, 1.165) is 24.9 Å². The molecule has 1 heterocycles. The first-order chi connectivity index (χ1) is 4.61. The molecule has 0 bridgehead atoms. The summed E-state index contributed by atoms with van der Waals surface area (Å²) in [6.45, 7) is 8.01. The Morgan fingerprint density at radius 2 is 1.91 bits per heavy atom. The lowest BCUT2D eigenvalue weighted by Crippen LogP contribution is -2.50. The fourth-order valence-electron chi connectivity index (χ4n) is 1.19. The van der Waals surface area contributed by atoms with Crippen LogP contribution in [0.15, 0.2) is 0 Å². The zero-order valence-corrected chi connectivity index (χ0v) is 6.92. The predicted molar refractivity (Wildman–Crippen MR) is 47.3 cm³/mol. The molecule has 0 unspecified atom stereocenters. The van der Waals surface area contributed by atoms with Crippen molar-refractivity contribution in [1.29, 1.82) is 0 Å². The minimum Gasteiger partial charge on any atom is -0.342 e. The molecule has 1 saturated heterocycles. The van der Waals surface area contributed by atoms with Gasteiger partial charge in [-0.05, 0) is 11.8 Å². The minimum absolute atomic E-state index is 0. The Kier molecular flexibility index (Phi) is 3.56. The Morgan fingerprint density at radius 1 is 1.45 bits per heavy atom. The van der Waals surface area contributed by atoms with E-state index in [9.17, 15) is 4.79 Å². The largest absolute Gasteiger partial charge is 0.342 e. The highest BCUT2D eigenvalue weighted by molar-refractivity contribution is 5.74. The number of carbonyl (C=O) groups excluding carboxylic acids is 1. The van der Waals surface area contributed by atoms with Crippen molar-refractivity contribution in [2.75, 3.05) is 13.1 Å². The van der Waals surface area contributed by atoms with E-state index in [2.05, 4.69) is 13.8 Å². The van der Waals surface area contributed by atoms with E-state index < -0.39 is 0 Å². The van der Waals surface area contributed by atoms with E-state index in [4.69, 9.17) is 0 Å². The summed E-state index contributed by atoms with van der Waals surface area (Å²) in [6, 6.07) is 0. The lowest BCUT2D eigenvalue weighted by molar-refractivity contribution is -0.136. The van der Waals surface area contributed by atoms with Gasteiger partial charge in [0.2, 0.25) is 5.91 Å². The van der Waals surface area contributed by atoms with Crippen molar-refractivity contribution in [3.63, 3.8) is 0 Å². The highest BCUT2D eigenvalue weighted by Crippen LogP contribution is 2.22. The van der Waals surface area contributed by atoms with E-state index in [1.54, 1.807) is 6.92 Å². The summed E-state index contributed by atoms with van der Waals surface area (Å²) in [6.07, 6.45) is 0. The van der Waals surface area contributed by atoms with Crippen molar-refractivity contribution in [2.24, 2.45) is 11.8 Å². The minimum atomic E-state index is 0. The van der Waals surface area contributed by atoms with E-state index in [-0.39, 0.29) is 13.3 Å². The lowest BCUT2D eigenvalue weighted by Gasteiger charge is -2.41. The van der Waals surface area contributed by atoms with Gasteiger partial charge in [0.15, 0.2) is 0 Å². The van der Waals surface area contributed by atoms with Crippen LogP contribution in [0.2, 0.25) is 0 Å². The topological polar surface area (TPSA) is 20.3 Å². The van der Waals surface area contributed by atoms with Crippen LogP contribution < -0.4 is 0 Å². The quantitative estimate of drug-likeness (QED) is 0.568. The van der Waals surface area contributed by atoms with Gasteiger partial charge in [0.25, 0.3) is 0 Å². The first-order valence-electron chi connectivity index (χ1n) is 3.86. The summed E-state index contributed by atoms with van der Waals surface area (Å²) < 4.78 is 0. The van der Waals surface area contributed by atoms with Crippen LogP contribution in [0.1, 0.15) is 28.2 Å². The monoisotopic (exact) mass is 157 g/mol. The third kappa shape index (κ3) is 2.21. The average Bonchev–Trinajstić information content (AvgIpc) is 1.56. The Balaban J connectivity index is 0.000001000. The summed E-state index contributed by atoms with van der Waals surface area (Å²) in [5.74, 6) is 1.70. The van der Waals surface area contributed by atoms with E-state index in [1.807, 2.05) is 4.90 Å². The van der Waals surface area contributed by atoms with Gasteiger partial charge in [0.1, 0.15) is 0 Å². The predicted octanol–water partition coefficient (Wildman–Crippen LogP) is 1.76. The van der Waals surface area contributed by atoms with Gasteiger partial charge in [-0.3, -0.25) is 4.79 Å². The molecule has 1 aliphatic rings. The number of rotatable bonds is 1. The molecule has 1 amide bonds. The second-order valence-corrected chi connectivity index (χ2v) is 3.43. The van der Waals surface area contributed by atoms with Crippen molar-refractivity contribution < 1.29 is 4.79 Å². The number of amides is 1. The number of carbonyl (C=O) groups is 1. The van der Waals surface area contributed by atoms with Gasteiger partial charge in [-0.1, -0.05) is 21.3 Å². The van der Waals surface area contributed by atoms with Gasteiger partial charge < -0.3 is 4.90 Å². The number of hydrogen-bond acceptors (Lipinski definition) is 1. The summed E-state index contributed by atoms with van der Waals surface area (Å²) in [7, 11) is 0. The molecule has 11 heavy (non-hydrogen) atoms. The molecule has 0 aromatic rings. The van der Waals surface area contributed by atoms with Crippen molar-refractivity contribution in [3.05, 3.63) is 0 Å². The van der Waals surface area contributed by atoms with Gasteiger partial charge in [-0.15, -0.1) is 0 Å². The molecule has 0 aliphatic carbocycles. The molecule has 0 aromatic heterocycles. The first-order valence-corrected chi connectivity index (χ1v) is 3.86. The second kappa shape index (κ2) is 3.74. The zero-order valence-electron chi connectivity index (χ0n) is 6.92. The Morgan fingerprint density at radius 3 is 2.18 bits per heavy atom. The highest BCUT2D eigenvalue weighted by Gasteiger charge is 2.30. The average molecular weight is 157 g/mol. The molecule has 1 fully saturated rings. The zero-order chi connectivity index (χ0) is 7.72. The van der Waals surface area contributed by atoms with Crippen LogP contribution >= 0.6 is 0 Å². The van der Waals surface area contributed by atoms with E-state index in [1.165, 1.54) is 0 Å². The van der Waals surface area contributed by atoms with E-state index >= 15 is 0 Å².